The fourth-order valence-corrected chi connectivity index (χ4v) is 3.08. The number of nitrogens with two attached hydrogens (primary N) is 1. The Morgan fingerprint density at radius 1 is 1.21 bits per heavy atom. The lowest BCUT2D eigenvalue weighted by molar-refractivity contribution is 0.0753. The molecular weight excluding hydrogens is 239 g/mol. The molecule has 0 unspecified atom stereocenters. The van der Waals surface area contributed by atoms with Crippen LogP contribution in [0.25, 0.3) is 0 Å². The van der Waals surface area contributed by atoms with Gasteiger partial charge in [0.15, 0.2) is 0 Å². The average Bonchev–Trinajstić information content (AvgIpc) is 2.38. The quantitative estimate of drug-likeness (QED) is 0.890. The molecule has 0 saturated carbocycles. The van der Waals surface area contributed by atoms with Crippen LogP contribution in [-0.4, -0.2) is 30.1 Å². The van der Waals surface area contributed by atoms with E-state index in [9.17, 15) is 4.39 Å². The lowest BCUT2D eigenvalue weighted by Crippen LogP contribution is -2.52. The molecule has 0 radical (unpaired) electrons. The molecule has 1 fully saturated rings. The Hall–Kier alpha value is -0.930. The lowest BCUT2D eigenvalue weighted by atomic mass is 9.72. The number of rotatable bonds is 2. The Kier molecular flexibility index (Phi) is 3.98. The van der Waals surface area contributed by atoms with Gasteiger partial charge in [0, 0.05) is 17.5 Å². The van der Waals surface area contributed by atoms with E-state index < -0.39 is 0 Å². The van der Waals surface area contributed by atoms with Crippen LogP contribution in [-0.2, 0) is 5.41 Å². The number of nitrogens with zero attached hydrogens (tertiary/aromatic N) is 1. The molecule has 1 aliphatic heterocycles. The minimum atomic E-state index is -0.187. The topological polar surface area (TPSA) is 29.3 Å². The Balaban J connectivity index is 2.22. The van der Waals surface area contributed by atoms with Gasteiger partial charge in [0.25, 0.3) is 0 Å². The molecule has 0 amide bonds. The van der Waals surface area contributed by atoms with Crippen molar-refractivity contribution in [2.45, 2.75) is 44.6 Å². The molecular formula is C16H25FN2. The van der Waals surface area contributed by atoms with Crippen LogP contribution in [0.1, 0.15) is 39.2 Å². The van der Waals surface area contributed by atoms with Crippen molar-refractivity contribution in [3.8, 4) is 0 Å². The first-order valence-electron chi connectivity index (χ1n) is 7.09. The van der Waals surface area contributed by atoms with Gasteiger partial charge in [0.05, 0.1) is 0 Å². The van der Waals surface area contributed by atoms with E-state index in [4.69, 9.17) is 5.73 Å². The van der Waals surface area contributed by atoms with Gasteiger partial charge in [-0.3, -0.25) is 4.90 Å². The zero-order chi connectivity index (χ0) is 14.1. The highest BCUT2D eigenvalue weighted by molar-refractivity contribution is 5.28. The number of hydrogen-bond donors (Lipinski definition) is 1. The van der Waals surface area contributed by atoms with Crippen molar-refractivity contribution in [1.82, 2.24) is 4.90 Å². The molecule has 1 aromatic carbocycles. The third kappa shape index (κ3) is 2.82. The number of halogens is 1. The molecule has 0 bridgehead atoms. The van der Waals surface area contributed by atoms with Crippen LogP contribution >= 0.6 is 0 Å². The predicted octanol–water partition coefficient (Wildman–Crippen LogP) is 2.92. The van der Waals surface area contributed by atoms with Crippen LogP contribution < -0.4 is 5.73 Å². The molecule has 0 atom stereocenters. The fourth-order valence-electron chi connectivity index (χ4n) is 3.08. The van der Waals surface area contributed by atoms with Crippen LogP contribution in [0.4, 0.5) is 4.39 Å². The van der Waals surface area contributed by atoms with Gasteiger partial charge in [-0.25, -0.2) is 4.39 Å². The van der Waals surface area contributed by atoms with Crippen molar-refractivity contribution in [1.29, 1.82) is 0 Å². The van der Waals surface area contributed by atoms with Crippen molar-refractivity contribution < 1.29 is 4.39 Å². The van der Waals surface area contributed by atoms with Gasteiger partial charge in [0.2, 0.25) is 0 Å². The molecule has 0 aromatic heterocycles. The van der Waals surface area contributed by atoms with Crippen LogP contribution in [0.15, 0.2) is 24.3 Å². The molecule has 2 N–H and O–H groups in total. The predicted molar refractivity (Wildman–Crippen MR) is 77.7 cm³/mol. The van der Waals surface area contributed by atoms with E-state index in [0.717, 1.165) is 31.5 Å². The standard InChI is InChI=1S/C16H25FN2/c1-15(2,3)19-10-8-16(12-18,9-11-19)13-6-4-5-7-14(13)17/h4-7H,8-12,18H2,1-3H3. The van der Waals surface area contributed by atoms with Crippen molar-refractivity contribution in [3.05, 3.63) is 35.6 Å². The first-order chi connectivity index (χ1) is 8.89. The summed E-state index contributed by atoms with van der Waals surface area (Å²) in [5.41, 5.74) is 6.79. The minimum absolute atomic E-state index is 0.114. The van der Waals surface area contributed by atoms with Gasteiger partial charge in [0.1, 0.15) is 5.82 Å². The van der Waals surface area contributed by atoms with E-state index in [1.54, 1.807) is 12.1 Å². The van der Waals surface area contributed by atoms with Crippen molar-refractivity contribution >= 4 is 0 Å². The monoisotopic (exact) mass is 264 g/mol. The number of benzene rings is 1. The Morgan fingerprint density at radius 3 is 2.26 bits per heavy atom. The van der Waals surface area contributed by atoms with Gasteiger partial charge in [-0.05, 0) is 58.3 Å². The molecule has 2 rings (SSSR count). The SMILES string of the molecule is CC(C)(C)N1CCC(CN)(c2ccccc2F)CC1. The summed E-state index contributed by atoms with van der Waals surface area (Å²) in [6.07, 6.45) is 1.86. The summed E-state index contributed by atoms with van der Waals surface area (Å²) in [5.74, 6) is -0.114. The second kappa shape index (κ2) is 5.22. The first kappa shape index (κ1) is 14.5. The summed E-state index contributed by atoms with van der Waals surface area (Å²) >= 11 is 0. The maximum atomic E-state index is 14.1. The smallest absolute Gasteiger partial charge is 0.127 e. The number of likely N-dealkylation sites (tertiary alicyclic amines) is 1. The highest BCUT2D eigenvalue weighted by Gasteiger charge is 2.39. The zero-order valence-corrected chi connectivity index (χ0v) is 12.2. The third-order valence-corrected chi connectivity index (χ3v) is 4.51. The fraction of sp³-hybridized carbons (Fsp3) is 0.625. The molecule has 2 nitrogen and oxygen atoms in total. The molecule has 1 saturated heterocycles. The zero-order valence-electron chi connectivity index (χ0n) is 12.2. The van der Waals surface area contributed by atoms with Crippen molar-refractivity contribution in [2.24, 2.45) is 5.73 Å². The normalized spacial score (nSPS) is 20.5. The highest BCUT2D eigenvalue weighted by atomic mass is 19.1. The Bertz CT molecular complexity index is 429. The van der Waals surface area contributed by atoms with Crippen LogP contribution in [0.5, 0.6) is 0 Å². The average molecular weight is 264 g/mol. The minimum Gasteiger partial charge on any atom is -0.330 e. The lowest BCUT2D eigenvalue weighted by Gasteiger charge is -2.46. The van der Waals surface area contributed by atoms with Crippen LogP contribution in [0.2, 0.25) is 0 Å². The second-order valence-corrected chi connectivity index (χ2v) is 6.62. The summed E-state index contributed by atoms with van der Waals surface area (Å²) in [6, 6.07) is 7.09. The van der Waals surface area contributed by atoms with Crippen LogP contribution in [0, 0.1) is 5.82 Å². The summed E-state index contributed by atoms with van der Waals surface area (Å²) in [6.45, 7) is 9.17. The molecule has 1 heterocycles. The van der Waals surface area contributed by atoms with Crippen LogP contribution in [0.3, 0.4) is 0 Å². The second-order valence-electron chi connectivity index (χ2n) is 6.62. The van der Waals surface area contributed by atoms with E-state index in [-0.39, 0.29) is 16.8 Å². The summed E-state index contributed by atoms with van der Waals surface area (Å²) in [4.78, 5) is 2.46. The summed E-state index contributed by atoms with van der Waals surface area (Å²) < 4.78 is 14.1. The van der Waals surface area contributed by atoms with E-state index in [2.05, 4.69) is 25.7 Å². The van der Waals surface area contributed by atoms with Gasteiger partial charge in [-0.1, -0.05) is 18.2 Å². The summed E-state index contributed by atoms with van der Waals surface area (Å²) in [5, 5.41) is 0. The highest BCUT2D eigenvalue weighted by Crippen LogP contribution is 2.37. The Morgan fingerprint density at radius 2 is 1.79 bits per heavy atom. The Labute approximate surface area is 115 Å². The number of piperidine rings is 1. The maximum Gasteiger partial charge on any atom is 0.127 e. The molecule has 1 aliphatic rings. The molecule has 19 heavy (non-hydrogen) atoms. The van der Waals surface area contributed by atoms with E-state index in [1.165, 1.54) is 0 Å². The molecule has 0 spiro atoms. The van der Waals surface area contributed by atoms with Gasteiger partial charge in [-0.2, -0.15) is 0 Å². The largest absolute Gasteiger partial charge is 0.330 e. The van der Waals surface area contributed by atoms with Crippen molar-refractivity contribution in [3.63, 3.8) is 0 Å². The first-order valence-corrected chi connectivity index (χ1v) is 7.09. The van der Waals surface area contributed by atoms with E-state index in [1.807, 2.05) is 12.1 Å². The molecule has 3 heteroatoms. The molecule has 0 aliphatic carbocycles. The molecule has 1 aromatic rings. The third-order valence-electron chi connectivity index (χ3n) is 4.51. The molecule has 106 valence electrons. The van der Waals surface area contributed by atoms with Crippen molar-refractivity contribution in [2.75, 3.05) is 19.6 Å². The number of hydrogen-bond acceptors (Lipinski definition) is 2. The van der Waals surface area contributed by atoms with Gasteiger partial charge in [-0.15, -0.1) is 0 Å². The van der Waals surface area contributed by atoms with E-state index in [0.29, 0.717) is 6.54 Å². The van der Waals surface area contributed by atoms with Gasteiger partial charge < -0.3 is 5.73 Å². The summed E-state index contributed by atoms with van der Waals surface area (Å²) in [7, 11) is 0. The van der Waals surface area contributed by atoms with E-state index >= 15 is 0 Å². The maximum absolute atomic E-state index is 14.1. The van der Waals surface area contributed by atoms with Gasteiger partial charge >= 0.3 is 0 Å².